The molecule has 0 bridgehead atoms. The molecule has 4 rings (SSSR count). The van der Waals surface area contributed by atoms with Crippen LogP contribution in [-0.4, -0.2) is 67.2 Å². The number of carbonyl (C=O) groups is 1. The number of piperazine rings is 1. The number of esters is 1. The smallest absolute Gasteiger partial charge is 0.313 e. The Morgan fingerprint density at radius 1 is 1.12 bits per heavy atom. The number of halogens is 2. The Balaban J connectivity index is 1.34. The Bertz CT molecular complexity index is 997. The van der Waals surface area contributed by atoms with E-state index in [2.05, 4.69) is 14.9 Å². The van der Waals surface area contributed by atoms with Gasteiger partial charge in [-0.3, -0.25) is 10.2 Å². The third kappa shape index (κ3) is 5.47. The van der Waals surface area contributed by atoms with Crippen LogP contribution < -0.4 is 20.4 Å². The first kappa shape index (κ1) is 22.7. The van der Waals surface area contributed by atoms with Crippen LogP contribution in [0.3, 0.4) is 0 Å². The van der Waals surface area contributed by atoms with Crippen molar-refractivity contribution in [2.45, 2.75) is 25.6 Å². The molecule has 3 heterocycles. The second kappa shape index (κ2) is 9.97. The van der Waals surface area contributed by atoms with E-state index in [4.69, 9.17) is 15.9 Å². The minimum Gasteiger partial charge on any atom is -0.460 e. The normalized spacial score (nSPS) is 18.5. The number of benzene rings is 1. The number of nitrogens with one attached hydrogen (secondary N) is 1. The van der Waals surface area contributed by atoms with Crippen LogP contribution in [0.2, 0.25) is 0 Å². The van der Waals surface area contributed by atoms with E-state index in [-0.39, 0.29) is 24.4 Å². The van der Waals surface area contributed by atoms with Crippen molar-refractivity contribution in [1.29, 1.82) is 5.41 Å². The van der Waals surface area contributed by atoms with E-state index in [0.717, 1.165) is 5.69 Å². The predicted molar refractivity (Wildman–Crippen MR) is 121 cm³/mol. The summed E-state index contributed by atoms with van der Waals surface area (Å²) in [6.45, 7) is 3.27. The zero-order valence-corrected chi connectivity index (χ0v) is 18.2. The lowest BCUT2D eigenvalue weighted by Gasteiger charge is -2.37. The molecule has 3 N–H and O–H groups in total. The molecule has 9 nitrogen and oxygen atoms in total. The molecule has 1 aromatic carbocycles. The molecule has 0 aliphatic carbocycles. The number of aromatic nitrogens is 2. The molecule has 0 amide bonds. The number of ether oxygens (including phenoxy) is 1. The van der Waals surface area contributed by atoms with Crippen LogP contribution in [0.25, 0.3) is 0 Å². The van der Waals surface area contributed by atoms with Gasteiger partial charge in [-0.25, -0.2) is 18.7 Å². The lowest BCUT2D eigenvalue weighted by atomic mass is 10.1. The van der Waals surface area contributed by atoms with Gasteiger partial charge in [0.15, 0.2) is 5.82 Å². The molecule has 2 aromatic rings. The molecule has 0 spiro atoms. The van der Waals surface area contributed by atoms with E-state index < -0.39 is 18.0 Å². The van der Waals surface area contributed by atoms with Gasteiger partial charge in [-0.05, 0) is 12.5 Å². The summed E-state index contributed by atoms with van der Waals surface area (Å²) in [7, 11) is 0. The van der Waals surface area contributed by atoms with Crippen molar-refractivity contribution in [3.63, 3.8) is 0 Å². The maximum Gasteiger partial charge on any atom is 0.313 e. The third-order valence-electron chi connectivity index (χ3n) is 5.81. The molecule has 1 atom stereocenters. The highest BCUT2D eigenvalue weighted by Crippen LogP contribution is 2.26. The molecule has 1 aromatic heterocycles. The van der Waals surface area contributed by atoms with Crippen LogP contribution in [0.15, 0.2) is 30.6 Å². The van der Waals surface area contributed by atoms with Gasteiger partial charge in [-0.15, -0.1) is 0 Å². The Labute approximate surface area is 190 Å². The summed E-state index contributed by atoms with van der Waals surface area (Å²) >= 11 is 0. The van der Waals surface area contributed by atoms with E-state index >= 15 is 4.39 Å². The summed E-state index contributed by atoms with van der Waals surface area (Å²) in [6.07, 6.45) is 2.86. The molecule has 33 heavy (non-hydrogen) atoms. The first-order valence-corrected chi connectivity index (χ1v) is 10.9. The Morgan fingerprint density at radius 3 is 2.45 bits per heavy atom. The molecule has 2 aliphatic heterocycles. The molecule has 0 radical (unpaired) electrons. The van der Waals surface area contributed by atoms with E-state index in [9.17, 15) is 9.18 Å². The number of rotatable bonds is 7. The molecular weight excluding hydrogens is 432 g/mol. The van der Waals surface area contributed by atoms with Gasteiger partial charge in [0, 0.05) is 38.3 Å². The van der Waals surface area contributed by atoms with Crippen LogP contribution in [0.1, 0.15) is 18.4 Å². The van der Waals surface area contributed by atoms with Crippen LogP contribution in [0, 0.1) is 11.2 Å². The number of nitrogens with zero attached hydrogens (tertiary/aromatic N) is 5. The topological polar surface area (TPSA) is 112 Å². The molecule has 0 unspecified atom stereocenters. The average Bonchev–Trinajstić information content (AvgIpc) is 3.24. The van der Waals surface area contributed by atoms with Gasteiger partial charge in [0.05, 0.1) is 30.3 Å². The van der Waals surface area contributed by atoms with Crippen molar-refractivity contribution < 1.29 is 18.3 Å². The summed E-state index contributed by atoms with van der Waals surface area (Å²) < 4.78 is 33.5. The summed E-state index contributed by atoms with van der Waals surface area (Å²) in [4.78, 5) is 26.3. The van der Waals surface area contributed by atoms with Crippen LogP contribution >= 0.6 is 0 Å². The van der Waals surface area contributed by atoms with Crippen molar-refractivity contribution >= 4 is 29.1 Å². The van der Waals surface area contributed by atoms with E-state index in [1.165, 1.54) is 0 Å². The van der Waals surface area contributed by atoms with Gasteiger partial charge in [-0.1, -0.05) is 12.1 Å². The summed E-state index contributed by atoms with van der Waals surface area (Å²) in [5.41, 5.74) is 6.78. The molecule has 2 fully saturated rings. The zero-order valence-electron chi connectivity index (χ0n) is 18.2. The molecule has 2 aliphatic rings. The van der Waals surface area contributed by atoms with Gasteiger partial charge in [-0.2, -0.15) is 0 Å². The fraction of sp³-hybridized carbons (Fsp3) is 0.455. The number of alkyl halides is 1. The van der Waals surface area contributed by atoms with Crippen molar-refractivity contribution in [1.82, 2.24) is 9.97 Å². The first-order valence-electron chi connectivity index (χ1n) is 10.9. The first-order chi connectivity index (χ1) is 15.9. The minimum atomic E-state index is -0.826. The van der Waals surface area contributed by atoms with Gasteiger partial charge < -0.3 is 25.2 Å². The summed E-state index contributed by atoms with van der Waals surface area (Å²) in [6, 6.07) is 5.00. The standard InChI is InChI=1S/C22H27F2N7O2/c23-16-4-5-31(13-16)22-27-11-17(12-28-22)29-6-8-30(9-7-29)18-3-1-2-15(21(18)24)14-33-20(32)10-19(25)26/h1-3,11-12,16H,4-10,13-14H2,(H3,25,26)/t16-/m0/s1. The maximum absolute atomic E-state index is 15.0. The lowest BCUT2D eigenvalue weighted by Crippen LogP contribution is -2.47. The van der Waals surface area contributed by atoms with Gasteiger partial charge in [0.25, 0.3) is 0 Å². The highest BCUT2D eigenvalue weighted by molar-refractivity contribution is 5.94. The second-order valence-electron chi connectivity index (χ2n) is 8.16. The summed E-state index contributed by atoms with van der Waals surface area (Å²) in [5.74, 6) is -0.841. The number of amidine groups is 1. The highest BCUT2D eigenvalue weighted by atomic mass is 19.1. The van der Waals surface area contributed by atoms with Crippen molar-refractivity contribution in [2.24, 2.45) is 5.73 Å². The maximum atomic E-state index is 15.0. The van der Waals surface area contributed by atoms with Crippen LogP contribution in [0.4, 0.5) is 26.1 Å². The number of hydrogen-bond acceptors (Lipinski definition) is 8. The van der Waals surface area contributed by atoms with Crippen molar-refractivity contribution in [2.75, 3.05) is 54.0 Å². The Hall–Kier alpha value is -3.50. The van der Waals surface area contributed by atoms with Crippen molar-refractivity contribution in [3.8, 4) is 0 Å². The Morgan fingerprint density at radius 2 is 1.82 bits per heavy atom. The van der Waals surface area contributed by atoms with Crippen LogP contribution in [0.5, 0.6) is 0 Å². The van der Waals surface area contributed by atoms with Gasteiger partial charge >= 0.3 is 5.97 Å². The summed E-state index contributed by atoms with van der Waals surface area (Å²) in [5, 5.41) is 7.12. The van der Waals surface area contributed by atoms with E-state index in [1.807, 2.05) is 9.80 Å². The monoisotopic (exact) mass is 459 g/mol. The van der Waals surface area contributed by atoms with Gasteiger partial charge in [0.2, 0.25) is 5.95 Å². The molecular formula is C22H27F2N7O2. The van der Waals surface area contributed by atoms with E-state index in [0.29, 0.717) is 57.3 Å². The fourth-order valence-corrected chi connectivity index (χ4v) is 4.03. The SMILES string of the molecule is N=C(N)CC(=O)OCc1cccc(N2CCN(c3cnc(N4CC[C@H](F)C4)nc3)CC2)c1F. The van der Waals surface area contributed by atoms with Gasteiger partial charge in [0.1, 0.15) is 25.0 Å². The van der Waals surface area contributed by atoms with Crippen LogP contribution in [-0.2, 0) is 16.1 Å². The number of nitrogens with two attached hydrogens (primary N) is 1. The number of carbonyl (C=O) groups excluding carboxylic acids is 1. The minimum absolute atomic E-state index is 0.213. The molecule has 11 heteroatoms. The fourth-order valence-electron chi connectivity index (χ4n) is 4.03. The molecule has 2 saturated heterocycles. The third-order valence-corrected chi connectivity index (χ3v) is 5.81. The van der Waals surface area contributed by atoms with Crippen molar-refractivity contribution in [3.05, 3.63) is 42.0 Å². The Kier molecular flexibility index (Phi) is 6.85. The molecule has 176 valence electrons. The zero-order chi connectivity index (χ0) is 23.4. The largest absolute Gasteiger partial charge is 0.460 e. The second-order valence-corrected chi connectivity index (χ2v) is 8.16. The molecule has 0 saturated carbocycles. The lowest BCUT2D eigenvalue weighted by molar-refractivity contribution is -0.143. The predicted octanol–water partition coefficient (Wildman–Crippen LogP) is 1.86. The number of anilines is 3. The quantitative estimate of drug-likeness (QED) is 0.367. The highest BCUT2D eigenvalue weighted by Gasteiger charge is 2.25. The average molecular weight is 460 g/mol. The number of hydrogen-bond donors (Lipinski definition) is 2. The van der Waals surface area contributed by atoms with E-state index in [1.54, 1.807) is 30.6 Å².